The van der Waals surface area contributed by atoms with E-state index in [1.807, 2.05) is 0 Å². The van der Waals surface area contributed by atoms with Crippen LogP contribution in [-0.4, -0.2) is 60.0 Å². The fourth-order valence-electron chi connectivity index (χ4n) is 4.40. The van der Waals surface area contributed by atoms with Gasteiger partial charge in [0.05, 0.1) is 11.5 Å². The van der Waals surface area contributed by atoms with E-state index in [2.05, 4.69) is 4.90 Å². The molecule has 2 N–H and O–H groups in total. The topological polar surface area (TPSA) is 70.0 Å². The lowest BCUT2D eigenvalue weighted by Gasteiger charge is -2.43. The first-order valence-corrected chi connectivity index (χ1v) is 8.83. The quantitative estimate of drug-likeness (QED) is 0.809. The molecule has 0 radical (unpaired) electrons. The van der Waals surface area contributed by atoms with Crippen molar-refractivity contribution in [1.29, 1.82) is 0 Å². The number of hydrogen-bond acceptors (Lipinski definition) is 4. The van der Waals surface area contributed by atoms with Crippen molar-refractivity contribution in [3.63, 3.8) is 0 Å². The molecule has 1 aliphatic carbocycles. The Morgan fingerprint density at radius 2 is 1.86 bits per heavy atom. The number of β-amino-alcohol motifs (C(OH)–C–C–N with tert-alkyl or cyclic N) is 1. The molecule has 1 saturated carbocycles. The second-order valence-corrected chi connectivity index (χ2v) is 7.44. The first kappa shape index (κ1) is 16.2. The Morgan fingerprint density at radius 1 is 1.18 bits per heavy atom. The Balaban J connectivity index is 1.59. The lowest BCUT2D eigenvalue weighted by molar-refractivity contribution is -0.167. The summed E-state index contributed by atoms with van der Waals surface area (Å²) < 4.78 is 5.30. The summed E-state index contributed by atoms with van der Waals surface area (Å²) in [6, 6.07) is 0. The molecule has 0 aromatic rings. The standard InChI is InChI=1S/C17H29NO4/c19-15(17(16(20)21)6-9-22-10-7-17)12-18-8-2-5-14(11-18)13-3-1-4-13/h13-15,19H,1-12H2,(H,20,21). The first-order chi connectivity index (χ1) is 10.6. The fourth-order valence-corrected chi connectivity index (χ4v) is 4.40. The van der Waals surface area contributed by atoms with E-state index < -0.39 is 17.5 Å². The molecule has 2 unspecified atom stereocenters. The van der Waals surface area contributed by atoms with Crippen LogP contribution in [0, 0.1) is 17.3 Å². The molecule has 2 heterocycles. The molecule has 2 aliphatic heterocycles. The second kappa shape index (κ2) is 6.85. The van der Waals surface area contributed by atoms with Gasteiger partial charge in [0.2, 0.25) is 0 Å². The summed E-state index contributed by atoms with van der Waals surface area (Å²) in [4.78, 5) is 14.1. The van der Waals surface area contributed by atoms with Crippen LogP contribution >= 0.6 is 0 Å². The van der Waals surface area contributed by atoms with Gasteiger partial charge in [-0.15, -0.1) is 0 Å². The third-order valence-corrected chi connectivity index (χ3v) is 6.24. The highest BCUT2D eigenvalue weighted by Crippen LogP contribution is 2.39. The Labute approximate surface area is 132 Å². The van der Waals surface area contributed by atoms with Crippen LogP contribution in [0.25, 0.3) is 0 Å². The van der Waals surface area contributed by atoms with Gasteiger partial charge < -0.3 is 19.8 Å². The van der Waals surface area contributed by atoms with E-state index >= 15 is 0 Å². The van der Waals surface area contributed by atoms with Crippen molar-refractivity contribution in [2.75, 3.05) is 32.8 Å². The van der Waals surface area contributed by atoms with Gasteiger partial charge in [-0.25, -0.2) is 0 Å². The lowest BCUT2D eigenvalue weighted by Crippen LogP contribution is -2.53. The highest BCUT2D eigenvalue weighted by Gasteiger charge is 2.47. The number of nitrogens with zero attached hydrogens (tertiary/aromatic N) is 1. The maximum absolute atomic E-state index is 11.8. The number of piperidine rings is 1. The van der Waals surface area contributed by atoms with Crippen LogP contribution in [-0.2, 0) is 9.53 Å². The number of aliphatic hydroxyl groups is 1. The highest BCUT2D eigenvalue weighted by molar-refractivity contribution is 5.75. The Bertz CT molecular complexity index is 390. The number of carboxylic acids is 1. The van der Waals surface area contributed by atoms with Crippen molar-refractivity contribution in [2.24, 2.45) is 17.3 Å². The van der Waals surface area contributed by atoms with Gasteiger partial charge in [0, 0.05) is 26.3 Å². The summed E-state index contributed by atoms with van der Waals surface area (Å²) in [6.07, 6.45) is 6.61. The van der Waals surface area contributed by atoms with Gasteiger partial charge >= 0.3 is 5.97 Å². The van der Waals surface area contributed by atoms with Crippen molar-refractivity contribution in [3.05, 3.63) is 0 Å². The predicted octanol–water partition coefficient (Wildman–Crippen LogP) is 1.74. The zero-order valence-corrected chi connectivity index (χ0v) is 13.4. The van der Waals surface area contributed by atoms with E-state index in [0.717, 1.165) is 24.9 Å². The predicted molar refractivity (Wildman–Crippen MR) is 82.6 cm³/mol. The lowest BCUT2D eigenvalue weighted by atomic mass is 9.72. The molecule has 0 spiro atoms. The Hall–Kier alpha value is -0.650. The minimum absolute atomic E-state index is 0.420. The number of carboxylic acid groups (broad SMARTS) is 1. The summed E-state index contributed by atoms with van der Waals surface area (Å²) in [6.45, 7) is 3.40. The molecule has 0 aromatic carbocycles. The molecule has 5 heteroatoms. The molecule has 22 heavy (non-hydrogen) atoms. The van der Waals surface area contributed by atoms with E-state index in [0.29, 0.717) is 32.6 Å². The zero-order valence-electron chi connectivity index (χ0n) is 13.4. The van der Waals surface area contributed by atoms with E-state index in [4.69, 9.17) is 4.74 Å². The molecule has 3 aliphatic rings. The zero-order chi connectivity index (χ0) is 15.6. The van der Waals surface area contributed by atoms with Gasteiger partial charge in [-0.3, -0.25) is 4.79 Å². The van der Waals surface area contributed by atoms with Crippen molar-refractivity contribution < 1.29 is 19.7 Å². The number of hydrogen-bond donors (Lipinski definition) is 2. The van der Waals surface area contributed by atoms with Crippen LogP contribution in [0.15, 0.2) is 0 Å². The van der Waals surface area contributed by atoms with Crippen LogP contribution in [0.5, 0.6) is 0 Å². The van der Waals surface area contributed by atoms with E-state index in [9.17, 15) is 15.0 Å². The SMILES string of the molecule is O=C(O)C1(C(O)CN2CCCC(C3CCC3)C2)CCOCC1. The first-order valence-electron chi connectivity index (χ1n) is 8.83. The molecule has 3 rings (SSSR count). The monoisotopic (exact) mass is 311 g/mol. The number of carbonyl (C=O) groups is 1. The number of aliphatic hydroxyl groups excluding tert-OH is 1. The third kappa shape index (κ3) is 3.17. The van der Waals surface area contributed by atoms with Crippen molar-refractivity contribution in [3.8, 4) is 0 Å². The van der Waals surface area contributed by atoms with Gasteiger partial charge in [0.15, 0.2) is 0 Å². The van der Waals surface area contributed by atoms with Crippen LogP contribution < -0.4 is 0 Å². The van der Waals surface area contributed by atoms with Gasteiger partial charge in [0.1, 0.15) is 0 Å². The number of rotatable bonds is 5. The van der Waals surface area contributed by atoms with Crippen molar-refractivity contribution in [1.82, 2.24) is 4.90 Å². The molecule has 3 fully saturated rings. The van der Waals surface area contributed by atoms with Gasteiger partial charge in [-0.1, -0.05) is 19.3 Å². The normalized spacial score (nSPS) is 31.4. The van der Waals surface area contributed by atoms with E-state index in [-0.39, 0.29) is 0 Å². The van der Waals surface area contributed by atoms with Crippen molar-refractivity contribution in [2.45, 2.75) is 51.0 Å². The minimum Gasteiger partial charge on any atom is -0.481 e. The summed E-state index contributed by atoms with van der Waals surface area (Å²) in [5.74, 6) is 0.762. The second-order valence-electron chi connectivity index (χ2n) is 7.44. The van der Waals surface area contributed by atoms with Crippen molar-refractivity contribution >= 4 is 5.97 Å². The average Bonchev–Trinajstić information content (AvgIpc) is 2.46. The number of likely N-dealkylation sites (tertiary alicyclic amines) is 1. The summed E-state index contributed by atoms with van der Waals surface area (Å²) in [7, 11) is 0. The third-order valence-electron chi connectivity index (χ3n) is 6.24. The maximum Gasteiger partial charge on any atom is 0.312 e. The smallest absolute Gasteiger partial charge is 0.312 e. The molecule has 126 valence electrons. The van der Waals surface area contributed by atoms with Crippen LogP contribution in [0.4, 0.5) is 0 Å². The Kier molecular flexibility index (Phi) is 5.05. The number of aliphatic carboxylic acids is 1. The molecule has 0 bridgehead atoms. The summed E-state index contributed by atoms with van der Waals surface area (Å²) >= 11 is 0. The summed E-state index contributed by atoms with van der Waals surface area (Å²) in [5.41, 5.74) is -1.01. The largest absolute Gasteiger partial charge is 0.481 e. The van der Waals surface area contributed by atoms with E-state index in [1.165, 1.54) is 32.1 Å². The fraction of sp³-hybridized carbons (Fsp3) is 0.941. The molecule has 0 amide bonds. The van der Waals surface area contributed by atoms with Crippen LogP contribution in [0.1, 0.15) is 44.9 Å². The molecule has 5 nitrogen and oxygen atoms in total. The van der Waals surface area contributed by atoms with Crippen LogP contribution in [0.3, 0.4) is 0 Å². The highest BCUT2D eigenvalue weighted by atomic mass is 16.5. The van der Waals surface area contributed by atoms with E-state index in [1.54, 1.807) is 0 Å². The summed E-state index contributed by atoms with van der Waals surface area (Å²) in [5, 5.41) is 20.3. The van der Waals surface area contributed by atoms with Gasteiger partial charge in [-0.2, -0.15) is 0 Å². The molecule has 0 aromatic heterocycles. The number of ether oxygens (including phenoxy) is 1. The van der Waals surface area contributed by atoms with Crippen LogP contribution in [0.2, 0.25) is 0 Å². The van der Waals surface area contributed by atoms with Gasteiger partial charge in [-0.05, 0) is 44.1 Å². The maximum atomic E-state index is 11.8. The molecule has 2 saturated heterocycles. The minimum atomic E-state index is -1.01. The molecular weight excluding hydrogens is 282 g/mol. The average molecular weight is 311 g/mol. The van der Waals surface area contributed by atoms with Gasteiger partial charge in [0.25, 0.3) is 0 Å². The molecular formula is C17H29NO4. The Morgan fingerprint density at radius 3 is 2.45 bits per heavy atom. The molecule has 2 atom stereocenters.